The summed E-state index contributed by atoms with van der Waals surface area (Å²) in [7, 11) is -3.54. The number of nitrogens with one attached hydrogen (secondary N) is 1. The monoisotopic (exact) mass is 371 g/mol. The Morgan fingerprint density at radius 2 is 2.06 bits per heavy atom. The minimum Gasteiger partial charge on any atom is -0.395 e. The first-order valence-electron chi connectivity index (χ1n) is 4.44. The molecule has 90 valence electrons. The Morgan fingerprint density at radius 3 is 2.56 bits per heavy atom. The van der Waals surface area contributed by atoms with Gasteiger partial charge in [0.05, 0.1) is 12.3 Å². The van der Waals surface area contributed by atoms with Gasteiger partial charge in [-0.1, -0.05) is 15.9 Å². The number of hydrogen-bond donors (Lipinski definition) is 2. The number of rotatable bonds is 4. The maximum Gasteiger partial charge on any atom is 0.237 e. The maximum atomic E-state index is 11.7. The van der Waals surface area contributed by atoms with E-state index in [0.717, 1.165) is 4.47 Å². The number of halogens is 2. The topological polar surface area (TPSA) is 66.4 Å². The van der Waals surface area contributed by atoms with E-state index in [2.05, 4.69) is 36.6 Å². The minimum absolute atomic E-state index is 0.413. The van der Waals surface area contributed by atoms with E-state index in [1.807, 2.05) is 0 Å². The molecular weight excluding hydrogens is 362 g/mol. The van der Waals surface area contributed by atoms with Gasteiger partial charge in [0.1, 0.15) is 5.25 Å². The van der Waals surface area contributed by atoms with Crippen LogP contribution in [-0.2, 0) is 10.0 Å². The molecule has 7 heteroatoms. The number of aliphatic hydroxyl groups is 1. The van der Waals surface area contributed by atoms with Gasteiger partial charge in [-0.25, -0.2) is 8.42 Å². The van der Waals surface area contributed by atoms with Gasteiger partial charge in [-0.3, -0.25) is 4.72 Å². The van der Waals surface area contributed by atoms with Crippen molar-refractivity contribution in [3.63, 3.8) is 0 Å². The zero-order chi connectivity index (χ0) is 12.3. The van der Waals surface area contributed by atoms with E-state index in [1.54, 1.807) is 18.2 Å². The molecule has 0 aliphatic rings. The molecule has 0 radical (unpaired) electrons. The predicted octanol–water partition coefficient (Wildman–Crippen LogP) is 2.33. The van der Waals surface area contributed by atoms with Crippen molar-refractivity contribution in [3.05, 3.63) is 27.1 Å². The average Bonchev–Trinajstić information content (AvgIpc) is 2.21. The summed E-state index contributed by atoms with van der Waals surface area (Å²) in [6.45, 7) is 1.03. The second-order valence-corrected chi connectivity index (χ2v) is 7.13. The summed E-state index contributed by atoms with van der Waals surface area (Å²) < 4.78 is 27.2. The van der Waals surface area contributed by atoms with E-state index in [1.165, 1.54) is 6.92 Å². The Bertz CT molecular complexity index is 476. The molecular formula is C9H11Br2NO3S. The molecule has 1 aromatic rings. The third-order valence-electron chi connectivity index (χ3n) is 1.97. The summed E-state index contributed by atoms with van der Waals surface area (Å²) in [5, 5.41) is 7.98. The van der Waals surface area contributed by atoms with E-state index in [9.17, 15) is 8.42 Å². The SMILES string of the molecule is CC(CO)S(=O)(=O)Nc1ccc(Br)cc1Br. The van der Waals surface area contributed by atoms with Gasteiger partial charge in [0.25, 0.3) is 0 Å². The van der Waals surface area contributed by atoms with Crippen LogP contribution in [0.1, 0.15) is 6.92 Å². The van der Waals surface area contributed by atoms with Gasteiger partial charge >= 0.3 is 0 Å². The molecule has 0 saturated carbocycles. The van der Waals surface area contributed by atoms with Gasteiger partial charge in [-0.2, -0.15) is 0 Å². The van der Waals surface area contributed by atoms with Crippen LogP contribution in [0.25, 0.3) is 0 Å². The zero-order valence-corrected chi connectivity index (χ0v) is 12.4. The van der Waals surface area contributed by atoms with E-state index in [0.29, 0.717) is 10.2 Å². The van der Waals surface area contributed by atoms with E-state index < -0.39 is 21.9 Å². The van der Waals surface area contributed by atoms with Crippen molar-refractivity contribution in [1.29, 1.82) is 0 Å². The lowest BCUT2D eigenvalue weighted by atomic mass is 10.3. The standard InChI is InChI=1S/C9H11Br2NO3S/c1-6(5-13)16(14,15)12-9-3-2-7(10)4-8(9)11/h2-4,6,12-13H,5H2,1H3. The van der Waals surface area contributed by atoms with Crippen molar-refractivity contribution < 1.29 is 13.5 Å². The summed E-state index contributed by atoms with van der Waals surface area (Å²) in [5.41, 5.74) is 0.448. The van der Waals surface area contributed by atoms with Gasteiger partial charge in [0.2, 0.25) is 10.0 Å². The average molecular weight is 373 g/mol. The third kappa shape index (κ3) is 3.44. The molecule has 1 atom stereocenters. The highest BCUT2D eigenvalue weighted by atomic mass is 79.9. The van der Waals surface area contributed by atoms with Crippen molar-refractivity contribution in [2.24, 2.45) is 0 Å². The lowest BCUT2D eigenvalue weighted by molar-refractivity contribution is 0.296. The van der Waals surface area contributed by atoms with Crippen LogP contribution < -0.4 is 4.72 Å². The van der Waals surface area contributed by atoms with Gasteiger partial charge in [0.15, 0.2) is 0 Å². The van der Waals surface area contributed by atoms with E-state index in [4.69, 9.17) is 5.11 Å². The highest BCUT2D eigenvalue weighted by Crippen LogP contribution is 2.27. The van der Waals surface area contributed by atoms with Gasteiger partial charge in [-0.15, -0.1) is 0 Å². The van der Waals surface area contributed by atoms with Crippen LogP contribution in [0.5, 0.6) is 0 Å². The van der Waals surface area contributed by atoms with Gasteiger partial charge < -0.3 is 5.11 Å². The normalized spacial score (nSPS) is 13.5. The third-order valence-corrected chi connectivity index (χ3v) is 4.83. The highest BCUT2D eigenvalue weighted by molar-refractivity contribution is 9.11. The fraction of sp³-hybridized carbons (Fsp3) is 0.333. The molecule has 0 amide bonds. The maximum absolute atomic E-state index is 11.7. The second kappa shape index (κ2) is 5.48. The van der Waals surface area contributed by atoms with Gasteiger partial charge in [-0.05, 0) is 41.1 Å². The smallest absolute Gasteiger partial charge is 0.237 e. The summed E-state index contributed by atoms with van der Waals surface area (Å²) in [6, 6.07) is 5.10. The number of sulfonamides is 1. The Kier molecular flexibility index (Phi) is 4.78. The van der Waals surface area contributed by atoms with Crippen LogP contribution in [0, 0.1) is 0 Å². The van der Waals surface area contributed by atoms with Crippen molar-refractivity contribution in [2.75, 3.05) is 11.3 Å². The lowest BCUT2D eigenvalue weighted by Gasteiger charge is -2.13. The zero-order valence-electron chi connectivity index (χ0n) is 8.44. The van der Waals surface area contributed by atoms with E-state index >= 15 is 0 Å². The largest absolute Gasteiger partial charge is 0.395 e. The van der Waals surface area contributed by atoms with Crippen LogP contribution in [-0.4, -0.2) is 25.4 Å². The molecule has 4 nitrogen and oxygen atoms in total. The molecule has 0 bridgehead atoms. The fourth-order valence-electron chi connectivity index (χ4n) is 0.924. The van der Waals surface area contributed by atoms with Crippen LogP contribution in [0.4, 0.5) is 5.69 Å². The van der Waals surface area contributed by atoms with Crippen LogP contribution in [0.15, 0.2) is 27.1 Å². The molecule has 1 aromatic carbocycles. The Balaban J connectivity index is 2.97. The lowest BCUT2D eigenvalue weighted by Crippen LogP contribution is -2.28. The first-order valence-corrected chi connectivity index (χ1v) is 7.57. The highest BCUT2D eigenvalue weighted by Gasteiger charge is 2.20. The van der Waals surface area contributed by atoms with Crippen LogP contribution >= 0.6 is 31.9 Å². The molecule has 0 heterocycles. The van der Waals surface area contributed by atoms with Crippen molar-refractivity contribution in [2.45, 2.75) is 12.2 Å². The first-order chi connectivity index (χ1) is 7.36. The first kappa shape index (κ1) is 14.0. The number of hydrogen-bond acceptors (Lipinski definition) is 3. The molecule has 1 rings (SSSR count). The minimum atomic E-state index is -3.54. The van der Waals surface area contributed by atoms with Crippen LogP contribution in [0.2, 0.25) is 0 Å². The Labute approximate surface area is 111 Å². The number of aliphatic hydroxyl groups excluding tert-OH is 1. The van der Waals surface area contributed by atoms with Crippen LogP contribution in [0.3, 0.4) is 0 Å². The van der Waals surface area contributed by atoms with Gasteiger partial charge in [0, 0.05) is 8.95 Å². The molecule has 0 aliphatic heterocycles. The molecule has 0 fully saturated rings. The summed E-state index contributed by atoms with van der Waals surface area (Å²) >= 11 is 6.52. The summed E-state index contributed by atoms with van der Waals surface area (Å²) in [4.78, 5) is 0. The summed E-state index contributed by atoms with van der Waals surface area (Å²) in [6.07, 6.45) is 0. The fourth-order valence-corrected chi connectivity index (χ4v) is 3.08. The number of benzene rings is 1. The predicted molar refractivity (Wildman–Crippen MR) is 70.9 cm³/mol. The quantitative estimate of drug-likeness (QED) is 0.852. The van der Waals surface area contributed by atoms with E-state index in [-0.39, 0.29) is 0 Å². The van der Waals surface area contributed by atoms with Crippen molar-refractivity contribution in [3.8, 4) is 0 Å². The Hall–Kier alpha value is -0.110. The number of anilines is 1. The molecule has 0 aliphatic carbocycles. The molecule has 0 saturated heterocycles. The molecule has 2 N–H and O–H groups in total. The molecule has 16 heavy (non-hydrogen) atoms. The van der Waals surface area contributed by atoms with Crippen molar-refractivity contribution >= 4 is 47.6 Å². The second-order valence-electron chi connectivity index (χ2n) is 3.26. The van der Waals surface area contributed by atoms with Crippen molar-refractivity contribution in [1.82, 2.24) is 0 Å². The Morgan fingerprint density at radius 1 is 1.44 bits per heavy atom. The molecule has 0 aromatic heterocycles. The summed E-state index contributed by atoms with van der Waals surface area (Å²) in [5.74, 6) is 0. The molecule has 0 spiro atoms. The molecule has 1 unspecified atom stereocenters.